The second-order valence-corrected chi connectivity index (χ2v) is 8.83. The predicted molar refractivity (Wildman–Crippen MR) is 140 cm³/mol. The molecule has 1 aliphatic rings. The van der Waals surface area contributed by atoms with Crippen molar-refractivity contribution in [2.24, 2.45) is 0 Å². The molecule has 35 heavy (non-hydrogen) atoms. The zero-order valence-corrected chi connectivity index (χ0v) is 19.5. The monoisotopic (exact) mass is 458 g/mol. The minimum Gasteiger partial charge on any atom is -0.357 e. The fourth-order valence-corrected chi connectivity index (χ4v) is 5.49. The first kappa shape index (κ1) is 21.4. The molecule has 2 N–H and O–H groups in total. The molecule has 5 aromatic rings. The number of carbonyl (C=O) groups is 1. The molecule has 0 saturated heterocycles. The maximum Gasteiger partial charge on any atom is 0.266 e. The van der Waals surface area contributed by atoms with Gasteiger partial charge in [0.05, 0.1) is 0 Å². The average Bonchev–Trinajstić information content (AvgIpc) is 3.41. The van der Waals surface area contributed by atoms with E-state index in [1.165, 1.54) is 0 Å². The Labute approximate surface area is 204 Å². The molecule has 0 radical (unpaired) electrons. The number of aromatic nitrogens is 1. The van der Waals surface area contributed by atoms with Gasteiger partial charge in [0.1, 0.15) is 0 Å². The van der Waals surface area contributed by atoms with Gasteiger partial charge in [0.25, 0.3) is 5.91 Å². The Hall–Kier alpha value is -4.15. The van der Waals surface area contributed by atoms with E-state index in [0.717, 1.165) is 44.5 Å². The molecule has 1 aromatic heterocycles. The molecule has 2 heterocycles. The van der Waals surface area contributed by atoms with Crippen molar-refractivity contribution in [2.45, 2.75) is 18.4 Å². The maximum absolute atomic E-state index is 13.9. The van der Waals surface area contributed by atoms with E-state index < -0.39 is 5.60 Å². The van der Waals surface area contributed by atoms with Gasteiger partial charge in [-0.25, -0.2) is 0 Å². The molecule has 4 heteroatoms. The van der Waals surface area contributed by atoms with Crippen LogP contribution in [-0.4, -0.2) is 17.5 Å². The highest BCUT2D eigenvalue weighted by atomic mass is 16.5. The van der Waals surface area contributed by atoms with E-state index in [1.54, 1.807) is 0 Å². The number of rotatable bonds is 6. The molecular formula is C31H26N2O2. The smallest absolute Gasteiger partial charge is 0.266 e. The Morgan fingerprint density at radius 1 is 0.771 bits per heavy atom. The van der Waals surface area contributed by atoms with Gasteiger partial charge in [-0.2, -0.15) is 0 Å². The number of para-hydroxylation sites is 2. The molecule has 0 saturated carbocycles. The number of anilines is 1. The molecule has 0 aliphatic carbocycles. The predicted octanol–water partition coefficient (Wildman–Crippen LogP) is 6.58. The standard InChI is InChI=1S/C31H26N2O2/c1-2-35-31(24-18-10-12-20-26(24)33-30(31)34)28-23-17-9-11-19-25(23)32-29(28)27(21-13-5-3-6-14-21)22-15-7-4-8-16-22/h3-20,27,32H,2H2,1H3,(H,33,34). The quantitative estimate of drug-likeness (QED) is 0.302. The lowest BCUT2D eigenvalue weighted by atomic mass is 9.79. The maximum atomic E-state index is 13.9. The summed E-state index contributed by atoms with van der Waals surface area (Å²) in [6.07, 6.45) is 0. The van der Waals surface area contributed by atoms with Crippen LogP contribution in [0, 0.1) is 0 Å². The first-order valence-corrected chi connectivity index (χ1v) is 12.0. The van der Waals surface area contributed by atoms with Crippen molar-refractivity contribution in [1.82, 2.24) is 4.98 Å². The van der Waals surface area contributed by atoms with Crippen molar-refractivity contribution >= 4 is 22.5 Å². The van der Waals surface area contributed by atoms with E-state index >= 15 is 0 Å². The topological polar surface area (TPSA) is 54.1 Å². The minimum absolute atomic E-state index is 0.113. The summed E-state index contributed by atoms with van der Waals surface area (Å²) in [5, 5.41) is 4.08. The number of amides is 1. The van der Waals surface area contributed by atoms with Crippen LogP contribution in [0.3, 0.4) is 0 Å². The fraction of sp³-hybridized carbons (Fsp3) is 0.129. The first-order valence-electron chi connectivity index (χ1n) is 12.0. The molecule has 6 rings (SSSR count). The molecule has 1 atom stereocenters. The fourth-order valence-electron chi connectivity index (χ4n) is 5.49. The van der Waals surface area contributed by atoms with Crippen LogP contribution in [-0.2, 0) is 15.1 Å². The third-order valence-corrected chi connectivity index (χ3v) is 6.88. The van der Waals surface area contributed by atoms with E-state index in [0.29, 0.717) is 6.61 Å². The molecular weight excluding hydrogens is 432 g/mol. The Morgan fingerprint density at radius 2 is 1.37 bits per heavy atom. The van der Waals surface area contributed by atoms with Gasteiger partial charge < -0.3 is 15.0 Å². The molecule has 0 bridgehead atoms. The lowest BCUT2D eigenvalue weighted by molar-refractivity contribution is -0.135. The van der Waals surface area contributed by atoms with E-state index in [1.807, 2.05) is 55.5 Å². The molecule has 4 nitrogen and oxygen atoms in total. The number of hydrogen-bond donors (Lipinski definition) is 2. The Morgan fingerprint density at radius 3 is 2.06 bits per heavy atom. The van der Waals surface area contributed by atoms with Crippen molar-refractivity contribution in [2.75, 3.05) is 11.9 Å². The minimum atomic E-state index is -1.26. The second kappa shape index (κ2) is 8.57. The highest BCUT2D eigenvalue weighted by molar-refractivity contribution is 6.10. The van der Waals surface area contributed by atoms with Crippen LogP contribution in [0.4, 0.5) is 5.69 Å². The van der Waals surface area contributed by atoms with Gasteiger partial charge in [0.2, 0.25) is 5.60 Å². The summed E-state index contributed by atoms with van der Waals surface area (Å²) >= 11 is 0. The van der Waals surface area contributed by atoms with E-state index in [2.05, 4.69) is 71.0 Å². The second-order valence-electron chi connectivity index (χ2n) is 8.83. The lowest BCUT2D eigenvalue weighted by Gasteiger charge is -2.31. The third-order valence-electron chi connectivity index (χ3n) is 6.88. The number of H-pyrrole nitrogens is 1. The number of nitrogens with one attached hydrogen (secondary N) is 2. The summed E-state index contributed by atoms with van der Waals surface area (Å²) in [5.74, 6) is -0.274. The van der Waals surface area contributed by atoms with Crippen molar-refractivity contribution in [3.63, 3.8) is 0 Å². The van der Waals surface area contributed by atoms with Crippen LogP contribution >= 0.6 is 0 Å². The van der Waals surface area contributed by atoms with Gasteiger partial charge in [-0.15, -0.1) is 0 Å². The van der Waals surface area contributed by atoms with Gasteiger partial charge in [-0.3, -0.25) is 4.79 Å². The Balaban J connectivity index is 1.72. The molecule has 0 spiro atoms. The molecule has 1 unspecified atom stereocenters. The molecule has 4 aromatic carbocycles. The van der Waals surface area contributed by atoms with Gasteiger partial charge in [-0.05, 0) is 30.2 Å². The van der Waals surface area contributed by atoms with Gasteiger partial charge in [0.15, 0.2) is 0 Å². The Kier molecular flexibility index (Phi) is 5.24. The molecule has 172 valence electrons. The zero-order chi connectivity index (χ0) is 23.8. The van der Waals surface area contributed by atoms with Crippen molar-refractivity contribution in [1.29, 1.82) is 0 Å². The van der Waals surface area contributed by atoms with Crippen LogP contribution in [0.2, 0.25) is 0 Å². The SMILES string of the molecule is CCOC1(c2c(C(c3ccccc3)c3ccccc3)[nH]c3ccccc23)C(=O)Nc2ccccc21. The van der Waals surface area contributed by atoms with Gasteiger partial charge >= 0.3 is 0 Å². The van der Waals surface area contributed by atoms with Crippen molar-refractivity contribution in [3.8, 4) is 0 Å². The van der Waals surface area contributed by atoms with Crippen LogP contribution in [0.1, 0.15) is 40.8 Å². The van der Waals surface area contributed by atoms with Crippen molar-refractivity contribution < 1.29 is 9.53 Å². The van der Waals surface area contributed by atoms with Gasteiger partial charge in [0, 0.05) is 45.9 Å². The van der Waals surface area contributed by atoms with E-state index in [4.69, 9.17) is 4.74 Å². The zero-order valence-electron chi connectivity index (χ0n) is 19.5. The van der Waals surface area contributed by atoms with Crippen molar-refractivity contribution in [3.05, 3.63) is 137 Å². The summed E-state index contributed by atoms with van der Waals surface area (Å²) in [4.78, 5) is 17.6. The molecule has 0 fully saturated rings. The highest BCUT2D eigenvalue weighted by Gasteiger charge is 2.52. The lowest BCUT2D eigenvalue weighted by Crippen LogP contribution is -2.39. The first-order chi connectivity index (χ1) is 17.2. The molecule has 1 aliphatic heterocycles. The largest absolute Gasteiger partial charge is 0.357 e. The summed E-state index contributed by atoms with van der Waals surface area (Å²) < 4.78 is 6.51. The van der Waals surface area contributed by atoms with Crippen LogP contribution in [0.15, 0.2) is 109 Å². The number of ether oxygens (including phenoxy) is 1. The summed E-state index contributed by atoms with van der Waals surface area (Å²) in [6, 6.07) is 36.9. The van der Waals surface area contributed by atoms with Crippen LogP contribution in [0.25, 0.3) is 10.9 Å². The average molecular weight is 459 g/mol. The Bertz CT molecular complexity index is 1470. The number of benzene rings is 4. The van der Waals surface area contributed by atoms with E-state index in [-0.39, 0.29) is 11.8 Å². The van der Waals surface area contributed by atoms with Crippen LogP contribution in [0.5, 0.6) is 0 Å². The van der Waals surface area contributed by atoms with E-state index in [9.17, 15) is 4.79 Å². The number of aromatic amines is 1. The highest BCUT2D eigenvalue weighted by Crippen LogP contribution is 2.50. The third kappa shape index (κ3) is 3.29. The summed E-state index contributed by atoms with van der Waals surface area (Å²) in [5.41, 5.74) is 5.47. The van der Waals surface area contributed by atoms with Crippen LogP contribution < -0.4 is 5.32 Å². The van der Waals surface area contributed by atoms with Gasteiger partial charge in [-0.1, -0.05) is 97.1 Å². The summed E-state index contributed by atoms with van der Waals surface area (Å²) in [7, 11) is 0. The molecule has 1 amide bonds. The number of hydrogen-bond acceptors (Lipinski definition) is 2. The normalized spacial score (nSPS) is 17.0. The number of carbonyl (C=O) groups excluding carboxylic acids is 1. The summed E-state index contributed by atoms with van der Waals surface area (Å²) in [6.45, 7) is 2.33. The number of fused-ring (bicyclic) bond motifs is 2.